The van der Waals surface area contributed by atoms with E-state index in [9.17, 15) is 4.79 Å². The summed E-state index contributed by atoms with van der Waals surface area (Å²) in [6.07, 6.45) is 3.94. The summed E-state index contributed by atoms with van der Waals surface area (Å²) in [7, 11) is 0. The molecule has 1 rings (SSSR count). The lowest BCUT2D eigenvalue weighted by molar-refractivity contribution is -0.133. The first kappa shape index (κ1) is 16.1. The van der Waals surface area contributed by atoms with E-state index in [1.54, 1.807) is 11.8 Å². The molecule has 1 aliphatic rings. The van der Waals surface area contributed by atoms with Crippen LogP contribution in [0.2, 0.25) is 0 Å². The van der Waals surface area contributed by atoms with Crippen molar-refractivity contribution in [2.45, 2.75) is 38.8 Å². The van der Waals surface area contributed by atoms with Crippen molar-refractivity contribution < 1.29 is 4.79 Å². The summed E-state index contributed by atoms with van der Waals surface area (Å²) in [5.41, 5.74) is 5.89. The molecule has 0 aromatic rings. The maximum atomic E-state index is 12.0. The third kappa shape index (κ3) is 3.82. The van der Waals surface area contributed by atoms with E-state index >= 15 is 0 Å². The number of halogens is 1. The van der Waals surface area contributed by atoms with Gasteiger partial charge in [0.2, 0.25) is 5.91 Å². The number of nitrogens with zero attached hydrogens (tertiary/aromatic N) is 1. The number of carbonyl (C=O) groups excluding carboxylic acids is 1. The van der Waals surface area contributed by atoms with Crippen LogP contribution in [-0.2, 0) is 4.79 Å². The summed E-state index contributed by atoms with van der Waals surface area (Å²) in [5, 5.41) is 0. The Kier molecular flexibility index (Phi) is 7.44. The van der Waals surface area contributed by atoms with Crippen molar-refractivity contribution in [1.82, 2.24) is 4.90 Å². The van der Waals surface area contributed by atoms with Crippen LogP contribution in [0.1, 0.15) is 26.7 Å². The summed E-state index contributed by atoms with van der Waals surface area (Å²) in [5.74, 6) is 1.72. The van der Waals surface area contributed by atoms with E-state index in [-0.39, 0.29) is 24.4 Å². The molecule has 16 heavy (non-hydrogen) atoms. The molecule has 1 saturated heterocycles. The van der Waals surface area contributed by atoms with E-state index in [4.69, 9.17) is 5.73 Å². The molecule has 1 fully saturated rings. The maximum Gasteiger partial charge on any atom is 0.239 e. The standard InChI is InChI=1S/C11H22N2OS.ClH/c1-8-4-6-13(9(8)2)11(14)10(12)5-7-15-3;/h8-10H,4-7,12H2,1-3H3;1H/t8?,9?,10-;/m0./s1. The lowest BCUT2D eigenvalue weighted by Gasteiger charge is -2.26. The van der Waals surface area contributed by atoms with Gasteiger partial charge in [-0.15, -0.1) is 12.4 Å². The first-order chi connectivity index (χ1) is 7.07. The van der Waals surface area contributed by atoms with Gasteiger partial charge in [-0.25, -0.2) is 0 Å². The van der Waals surface area contributed by atoms with Gasteiger partial charge in [0.1, 0.15) is 0 Å². The van der Waals surface area contributed by atoms with Gasteiger partial charge in [0.15, 0.2) is 0 Å². The number of nitrogens with two attached hydrogens (primary N) is 1. The molecule has 2 N–H and O–H groups in total. The van der Waals surface area contributed by atoms with Crippen molar-refractivity contribution in [3.8, 4) is 0 Å². The van der Waals surface area contributed by atoms with Gasteiger partial charge in [0.05, 0.1) is 6.04 Å². The molecule has 3 nitrogen and oxygen atoms in total. The highest BCUT2D eigenvalue weighted by atomic mass is 35.5. The molecular weight excluding hydrogens is 244 g/mol. The van der Waals surface area contributed by atoms with E-state index in [2.05, 4.69) is 13.8 Å². The van der Waals surface area contributed by atoms with Gasteiger partial charge >= 0.3 is 0 Å². The Hall–Kier alpha value is 0.0700. The Morgan fingerprint density at radius 3 is 2.62 bits per heavy atom. The molecule has 1 amide bonds. The van der Waals surface area contributed by atoms with Crippen LogP contribution < -0.4 is 5.73 Å². The number of carbonyl (C=O) groups is 1. The van der Waals surface area contributed by atoms with Gasteiger partial charge in [-0.2, -0.15) is 11.8 Å². The smallest absolute Gasteiger partial charge is 0.239 e. The quantitative estimate of drug-likeness (QED) is 0.843. The van der Waals surface area contributed by atoms with E-state index in [0.717, 1.165) is 25.1 Å². The average Bonchev–Trinajstić information content (AvgIpc) is 2.55. The molecule has 0 bridgehead atoms. The van der Waals surface area contributed by atoms with Crippen molar-refractivity contribution in [2.24, 2.45) is 11.7 Å². The highest BCUT2D eigenvalue weighted by Crippen LogP contribution is 2.24. The van der Waals surface area contributed by atoms with Crippen LogP contribution in [0.4, 0.5) is 0 Å². The van der Waals surface area contributed by atoms with Gasteiger partial charge in [-0.1, -0.05) is 6.92 Å². The Morgan fingerprint density at radius 2 is 2.19 bits per heavy atom. The summed E-state index contributed by atoms with van der Waals surface area (Å²) in [6, 6.07) is 0.0584. The number of rotatable bonds is 4. The van der Waals surface area contributed by atoms with E-state index in [0.29, 0.717) is 12.0 Å². The molecule has 2 unspecified atom stereocenters. The molecule has 0 saturated carbocycles. The summed E-state index contributed by atoms with van der Waals surface area (Å²) >= 11 is 1.74. The second-order valence-electron chi connectivity index (χ2n) is 4.43. The summed E-state index contributed by atoms with van der Waals surface area (Å²) in [4.78, 5) is 14.0. The molecule has 0 radical (unpaired) electrons. The van der Waals surface area contributed by atoms with Crippen LogP contribution in [0.25, 0.3) is 0 Å². The van der Waals surface area contributed by atoms with Gasteiger partial charge < -0.3 is 10.6 Å². The van der Waals surface area contributed by atoms with Crippen LogP contribution in [0, 0.1) is 5.92 Å². The predicted molar refractivity (Wildman–Crippen MR) is 73.2 cm³/mol. The molecule has 0 aromatic heterocycles. The Bertz CT molecular complexity index is 228. The molecule has 3 atom stereocenters. The van der Waals surface area contributed by atoms with Gasteiger partial charge in [-0.05, 0) is 37.7 Å². The SMILES string of the molecule is CSCC[C@H](N)C(=O)N1CCC(C)C1C.Cl. The van der Waals surface area contributed by atoms with Gasteiger partial charge in [-0.3, -0.25) is 4.79 Å². The van der Waals surface area contributed by atoms with Crippen molar-refractivity contribution >= 4 is 30.1 Å². The third-order valence-electron chi connectivity index (χ3n) is 3.37. The fourth-order valence-electron chi connectivity index (χ4n) is 1.99. The predicted octanol–water partition coefficient (Wildman–Crippen LogP) is 1.75. The molecule has 1 aliphatic heterocycles. The van der Waals surface area contributed by atoms with Crippen LogP contribution >= 0.6 is 24.2 Å². The molecular formula is C11H23ClN2OS. The number of likely N-dealkylation sites (tertiary alicyclic amines) is 1. The van der Waals surface area contributed by atoms with Crippen LogP contribution in [0.5, 0.6) is 0 Å². The summed E-state index contributed by atoms with van der Waals surface area (Å²) in [6.45, 7) is 5.20. The Morgan fingerprint density at radius 1 is 1.56 bits per heavy atom. The zero-order valence-electron chi connectivity index (χ0n) is 10.3. The minimum atomic E-state index is -0.301. The van der Waals surface area contributed by atoms with Crippen LogP contribution in [0.15, 0.2) is 0 Å². The van der Waals surface area contributed by atoms with Gasteiger partial charge in [0, 0.05) is 12.6 Å². The second-order valence-corrected chi connectivity index (χ2v) is 5.41. The van der Waals surface area contributed by atoms with Crippen LogP contribution in [-0.4, -0.2) is 41.4 Å². The molecule has 0 aliphatic carbocycles. The Labute approximate surface area is 109 Å². The second kappa shape index (κ2) is 7.41. The monoisotopic (exact) mass is 266 g/mol. The fourth-order valence-corrected chi connectivity index (χ4v) is 2.48. The first-order valence-electron chi connectivity index (χ1n) is 5.63. The molecule has 96 valence electrons. The zero-order chi connectivity index (χ0) is 11.4. The fraction of sp³-hybridized carbons (Fsp3) is 0.909. The molecule has 5 heteroatoms. The van der Waals surface area contributed by atoms with Crippen LogP contribution in [0.3, 0.4) is 0 Å². The lowest BCUT2D eigenvalue weighted by atomic mass is 10.0. The molecule has 0 spiro atoms. The van der Waals surface area contributed by atoms with Gasteiger partial charge in [0.25, 0.3) is 0 Å². The molecule has 1 heterocycles. The summed E-state index contributed by atoms with van der Waals surface area (Å²) < 4.78 is 0. The minimum Gasteiger partial charge on any atom is -0.338 e. The highest BCUT2D eigenvalue weighted by Gasteiger charge is 2.32. The number of thioether (sulfide) groups is 1. The molecule has 0 aromatic carbocycles. The van der Waals surface area contributed by atoms with E-state index < -0.39 is 0 Å². The van der Waals surface area contributed by atoms with E-state index in [1.807, 2.05) is 11.2 Å². The zero-order valence-corrected chi connectivity index (χ0v) is 11.9. The third-order valence-corrected chi connectivity index (χ3v) is 4.02. The van der Waals surface area contributed by atoms with Crippen molar-refractivity contribution in [1.29, 1.82) is 0 Å². The number of hydrogen-bond donors (Lipinski definition) is 1. The highest BCUT2D eigenvalue weighted by molar-refractivity contribution is 7.98. The Balaban J connectivity index is 0.00000225. The lowest BCUT2D eigenvalue weighted by Crippen LogP contribution is -2.46. The maximum absolute atomic E-state index is 12.0. The number of hydrogen-bond acceptors (Lipinski definition) is 3. The normalized spacial score (nSPS) is 26.4. The van der Waals surface area contributed by atoms with Crippen molar-refractivity contribution in [3.63, 3.8) is 0 Å². The largest absolute Gasteiger partial charge is 0.338 e. The van der Waals surface area contributed by atoms with Crippen molar-refractivity contribution in [2.75, 3.05) is 18.6 Å². The number of amides is 1. The first-order valence-corrected chi connectivity index (χ1v) is 7.02. The minimum absolute atomic E-state index is 0. The van der Waals surface area contributed by atoms with E-state index in [1.165, 1.54) is 0 Å². The average molecular weight is 267 g/mol. The van der Waals surface area contributed by atoms with Crippen molar-refractivity contribution in [3.05, 3.63) is 0 Å². The topological polar surface area (TPSA) is 46.3 Å².